The van der Waals surface area contributed by atoms with Gasteiger partial charge in [-0.05, 0) is 66.3 Å². The van der Waals surface area contributed by atoms with Gasteiger partial charge in [0, 0.05) is 48.5 Å². The zero-order chi connectivity index (χ0) is 26.7. The molecule has 3 aromatic rings. The second-order valence-corrected chi connectivity index (χ2v) is 9.14. The Morgan fingerprint density at radius 2 is 1.71 bits per heavy atom. The molecule has 3 heterocycles. The average Bonchev–Trinajstić information content (AvgIpc) is 3.33. The molecular formula is C25H26F3N5O5. The van der Waals surface area contributed by atoms with Crippen molar-refractivity contribution in [2.24, 2.45) is 0 Å². The van der Waals surface area contributed by atoms with Crippen molar-refractivity contribution >= 4 is 17.2 Å². The van der Waals surface area contributed by atoms with Crippen LogP contribution >= 0.6 is 0 Å². The number of hydrogen-bond donors (Lipinski definition) is 1. The smallest absolute Gasteiger partial charge is 0.490 e. The monoisotopic (exact) mass is 533 g/mol. The van der Waals surface area contributed by atoms with Crippen molar-refractivity contribution in [1.29, 1.82) is 0 Å². The fraction of sp³-hybridized carbons (Fsp3) is 0.400. The van der Waals surface area contributed by atoms with Gasteiger partial charge in [-0.25, -0.2) is 0 Å². The van der Waals surface area contributed by atoms with Crippen molar-refractivity contribution < 1.29 is 32.3 Å². The lowest BCUT2D eigenvalue weighted by Gasteiger charge is -2.34. The molecule has 1 atom stereocenters. The normalized spacial score (nSPS) is 17.9. The first-order valence-electron chi connectivity index (χ1n) is 12.2. The topological polar surface area (TPSA) is 104 Å². The van der Waals surface area contributed by atoms with Crippen molar-refractivity contribution in [1.82, 2.24) is 9.55 Å². The predicted molar refractivity (Wildman–Crippen MR) is 132 cm³/mol. The molecule has 1 saturated heterocycles. The SMILES string of the molecule is O=[N+]([O-])c1cn2c(n1)OC(COc1ccc(N3CCC(Nc4ccc(OC(F)(F)F)cc4)CC3)cc1)CC2. The van der Waals surface area contributed by atoms with Crippen LogP contribution in [0.3, 0.4) is 0 Å². The standard InChI is InChI=1S/C25H26F3N5O5/c26-25(27,28)38-21-5-1-17(2-6-21)29-18-9-12-31(13-10-18)19-3-7-20(8-4-19)36-16-22-11-14-32-15-23(33(34)35)30-24(32)37-22/h1-8,15,18,22,29H,9-14,16H2. The number of ether oxygens (including phenoxy) is 3. The number of hydrogen-bond acceptors (Lipinski definition) is 8. The van der Waals surface area contributed by atoms with Crippen molar-refractivity contribution in [3.63, 3.8) is 0 Å². The number of nitrogens with one attached hydrogen (secondary N) is 1. The van der Waals surface area contributed by atoms with Crippen LogP contribution in [-0.2, 0) is 6.54 Å². The summed E-state index contributed by atoms with van der Waals surface area (Å²) in [7, 11) is 0. The van der Waals surface area contributed by atoms with Gasteiger partial charge in [-0.1, -0.05) is 0 Å². The largest absolute Gasteiger partial charge is 0.573 e. The van der Waals surface area contributed by atoms with Gasteiger partial charge in [0.25, 0.3) is 0 Å². The average molecular weight is 534 g/mol. The number of benzene rings is 2. The first-order chi connectivity index (χ1) is 18.2. The Kier molecular flexibility index (Phi) is 7.16. The molecule has 0 bridgehead atoms. The number of anilines is 2. The van der Waals surface area contributed by atoms with Gasteiger partial charge in [0.15, 0.2) is 0 Å². The number of alkyl halides is 3. The van der Waals surface area contributed by atoms with Crippen LogP contribution < -0.4 is 24.4 Å². The summed E-state index contributed by atoms with van der Waals surface area (Å²) in [6, 6.07) is 14.0. The van der Waals surface area contributed by atoms with Crippen LogP contribution in [0.5, 0.6) is 17.5 Å². The number of aryl methyl sites for hydroxylation is 1. The van der Waals surface area contributed by atoms with Crippen LogP contribution in [0.25, 0.3) is 0 Å². The Bertz CT molecular complexity index is 1240. The molecule has 2 aliphatic rings. The van der Waals surface area contributed by atoms with Gasteiger partial charge in [-0.2, -0.15) is 0 Å². The predicted octanol–water partition coefficient (Wildman–Crippen LogP) is 5.00. The van der Waals surface area contributed by atoms with Gasteiger partial charge < -0.3 is 34.5 Å². The lowest BCUT2D eigenvalue weighted by Crippen LogP contribution is -2.39. The summed E-state index contributed by atoms with van der Waals surface area (Å²) in [5.74, 6) is 0.229. The molecule has 1 unspecified atom stereocenters. The fourth-order valence-corrected chi connectivity index (χ4v) is 4.55. The maximum absolute atomic E-state index is 12.3. The molecule has 202 valence electrons. The third-order valence-electron chi connectivity index (χ3n) is 6.47. The van der Waals surface area contributed by atoms with E-state index < -0.39 is 11.3 Å². The highest BCUT2D eigenvalue weighted by atomic mass is 19.4. The Morgan fingerprint density at radius 1 is 1.03 bits per heavy atom. The molecule has 1 fully saturated rings. The number of aromatic nitrogens is 2. The van der Waals surface area contributed by atoms with Crippen LogP contribution in [0.2, 0.25) is 0 Å². The molecule has 1 aromatic heterocycles. The van der Waals surface area contributed by atoms with Crippen LogP contribution in [-0.4, -0.2) is 52.7 Å². The van der Waals surface area contributed by atoms with E-state index in [1.165, 1.54) is 18.3 Å². The molecular weight excluding hydrogens is 507 g/mol. The maximum atomic E-state index is 12.3. The molecule has 2 aliphatic heterocycles. The van der Waals surface area contributed by atoms with Gasteiger partial charge in [0.05, 0.1) is 0 Å². The first kappa shape index (κ1) is 25.5. The number of imidazole rings is 1. The molecule has 5 rings (SSSR count). The summed E-state index contributed by atoms with van der Waals surface area (Å²) in [5, 5.41) is 14.3. The van der Waals surface area contributed by atoms with Crippen LogP contribution in [0, 0.1) is 10.1 Å². The fourth-order valence-electron chi connectivity index (χ4n) is 4.55. The lowest BCUT2D eigenvalue weighted by atomic mass is 10.0. The summed E-state index contributed by atoms with van der Waals surface area (Å²) < 4.78 is 54.1. The number of nitro groups is 1. The highest BCUT2D eigenvalue weighted by Gasteiger charge is 2.31. The molecule has 2 aromatic carbocycles. The number of nitrogens with zero attached hydrogens (tertiary/aromatic N) is 4. The third-order valence-corrected chi connectivity index (χ3v) is 6.47. The Balaban J connectivity index is 1.06. The van der Waals surface area contributed by atoms with Crippen LogP contribution in [0.15, 0.2) is 54.7 Å². The first-order valence-corrected chi connectivity index (χ1v) is 12.2. The minimum absolute atomic E-state index is 0.218. The molecule has 0 saturated carbocycles. The van der Waals surface area contributed by atoms with Gasteiger partial charge in [-0.15, -0.1) is 13.2 Å². The Morgan fingerprint density at radius 3 is 2.37 bits per heavy atom. The van der Waals surface area contributed by atoms with E-state index in [9.17, 15) is 23.3 Å². The summed E-state index contributed by atoms with van der Waals surface area (Å²) in [4.78, 5) is 16.5. The number of halogens is 3. The van der Waals surface area contributed by atoms with E-state index in [0.29, 0.717) is 25.3 Å². The van der Waals surface area contributed by atoms with E-state index in [4.69, 9.17) is 9.47 Å². The Labute approximate surface area is 216 Å². The van der Waals surface area contributed by atoms with Crippen molar-refractivity contribution in [3.05, 3.63) is 64.8 Å². The number of rotatable bonds is 8. The van der Waals surface area contributed by atoms with Gasteiger partial charge >= 0.3 is 18.2 Å². The highest BCUT2D eigenvalue weighted by Crippen LogP contribution is 2.28. The van der Waals surface area contributed by atoms with Crippen LogP contribution in [0.1, 0.15) is 19.3 Å². The maximum Gasteiger partial charge on any atom is 0.573 e. The quantitative estimate of drug-likeness (QED) is 0.319. The van der Waals surface area contributed by atoms with Crippen molar-refractivity contribution in [2.45, 2.75) is 44.3 Å². The van der Waals surface area contributed by atoms with Gasteiger partial charge in [0.1, 0.15) is 30.4 Å². The molecule has 0 aliphatic carbocycles. The number of fused-ring (bicyclic) bond motifs is 1. The van der Waals surface area contributed by atoms with Crippen molar-refractivity contribution in [3.8, 4) is 17.5 Å². The molecule has 0 amide bonds. The summed E-state index contributed by atoms with van der Waals surface area (Å²) in [5.41, 5.74) is 1.83. The lowest BCUT2D eigenvalue weighted by molar-refractivity contribution is -0.389. The Hall–Kier alpha value is -4.16. The second kappa shape index (κ2) is 10.7. The zero-order valence-corrected chi connectivity index (χ0v) is 20.3. The van der Waals surface area contributed by atoms with E-state index in [1.807, 2.05) is 24.3 Å². The highest BCUT2D eigenvalue weighted by molar-refractivity contribution is 5.51. The zero-order valence-electron chi connectivity index (χ0n) is 20.3. The van der Waals surface area contributed by atoms with Gasteiger partial charge in [-0.3, -0.25) is 4.57 Å². The van der Waals surface area contributed by atoms with Crippen molar-refractivity contribution in [2.75, 3.05) is 29.9 Å². The summed E-state index contributed by atoms with van der Waals surface area (Å²) in [6.45, 7) is 2.55. The van der Waals surface area contributed by atoms with Crippen LogP contribution in [0.4, 0.5) is 30.4 Å². The molecule has 38 heavy (non-hydrogen) atoms. The van der Waals surface area contributed by atoms with E-state index >= 15 is 0 Å². The number of piperidine rings is 1. The van der Waals surface area contributed by atoms with E-state index in [-0.39, 0.29) is 29.7 Å². The van der Waals surface area contributed by atoms with E-state index in [0.717, 1.165) is 37.3 Å². The molecule has 1 N–H and O–H groups in total. The molecule has 0 spiro atoms. The molecule has 10 nitrogen and oxygen atoms in total. The molecule has 0 radical (unpaired) electrons. The minimum Gasteiger partial charge on any atom is -0.490 e. The van der Waals surface area contributed by atoms with Gasteiger partial charge in [0.2, 0.25) is 0 Å². The molecule has 13 heteroatoms. The second-order valence-electron chi connectivity index (χ2n) is 9.14. The van der Waals surface area contributed by atoms with E-state index in [1.54, 1.807) is 16.7 Å². The minimum atomic E-state index is -4.70. The summed E-state index contributed by atoms with van der Waals surface area (Å²) in [6.07, 6.45) is -1.15. The third kappa shape index (κ3) is 6.39. The summed E-state index contributed by atoms with van der Waals surface area (Å²) >= 11 is 0. The van der Waals surface area contributed by atoms with E-state index in [2.05, 4.69) is 19.9 Å².